The maximum absolute atomic E-state index is 13.2. The maximum Gasteiger partial charge on any atom is 0.252 e. The van der Waals surface area contributed by atoms with Crippen molar-refractivity contribution in [1.29, 1.82) is 0 Å². The maximum atomic E-state index is 13.2. The van der Waals surface area contributed by atoms with Crippen LogP contribution in [0.4, 0.5) is 0 Å². The van der Waals surface area contributed by atoms with Gasteiger partial charge in [-0.15, -0.1) is 0 Å². The van der Waals surface area contributed by atoms with Crippen LogP contribution in [0.15, 0.2) is 12.2 Å². The molecule has 0 radical (unpaired) electrons. The van der Waals surface area contributed by atoms with Crippen LogP contribution in [0.3, 0.4) is 0 Å². The van der Waals surface area contributed by atoms with Crippen molar-refractivity contribution in [1.82, 2.24) is 15.5 Å². The summed E-state index contributed by atoms with van der Waals surface area (Å²) in [5.41, 5.74) is 6.03. The van der Waals surface area contributed by atoms with Crippen LogP contribution in [0, 0.1) is 23.7 Å². The number of aliphatic hydroxyl groups is 1. The molecule has 2 aliphatic heterocycles. The number of nitrogens with two attached hydrogens (primary N) is 1. The molecule has 7 unspecified atom stereocenters. The van der Waals surface area contributed by atoms with Crippen LogP contribution < -0.4 is 16.4 Å². The van der Waals surface area contributed by atoms with Gasteiger partial charge in [-0.25, -0.2) is 0 Å². The molecular formula is C24H38N4O7. The topological polar surface area (TPSA) is 160 Å². The Labute approximate surface area is 205 Å². The van der Waals surface area contributed by atoms with Gasteiger partial charge in [0.2, 0.25) is 17.7 Å². The van der Waals surface area contributed by atoms with Crippen LogP contribution in [0.5, 0.6) is 0 Å². The Balaban J connectivity index is 1.67. The first kappa shape index (κ1) is 27.3. The second kappa shape index (κ2) is 11.6. The first-order valence-corrected chi connectivity index (χ1v) is 12.3. The van der Waals surface area contributed by atoms with Gasteiger partial charge in [0.25, 0.3) is 5.91 Å². The van der Waals surface area contributed by atoms with Gasteiger partial charge in [-0.1, -0.05) is 26.0 Å². The number of aliphatic hydroxyl groups excluding tert-OH is 1. The highest BCUT2D eigenvalue weighted by Gasteiger charge is 2.53. The van der Waals surface area contributed by atoms with E-state index < -0.39 is 48.2 Å². The second-order valence-corrected chi connectivity index (χ2v) is 9.58. The Kier molecular flexibility index (Phi) is 9.03. The number of allylic oxidation sites excluding steroid dienone is 1. The summed E-state index contributed by atoms with van der Waals surface area (Å²) < 4.78 is 11.2. The summed E-state index contributed by atoms with van der Waals surface area (Å²) in [6.45, 7) is 4.07. The van der Waals surface area contributed by atoms with E-state index in [1.807, 2.05) is 26.0 Å². The summed E-state index contributed by atoms with van der Waals surface area (Å²) in [5.74, 6) is -2.71. The number of carbonyl (C=O) groups is 4. The number of methoxy groups -OCH3 is 1. The van der Waals surface area contributed by atoms with Gasteiger partial charge in [0, 0.05) is 39.6 Å². The van der Waals surface area contributed by atoms with Crippen molar-refractivity contribution < 1.29 is 33.8 Å². The highest BCUT2D eigenvalue weighted by Crippen LogP contribution is 2.41. The molecule has 0 aromatic heterocycles. The number of nitrogens with one attached hydrogen (secondary N) is 2. The van der Waals surface area contributed by atoms with Gasteiger partial charge in [-0.3, -0.25) is 24.1 Å². The molecule has 3 aliphatic rings. The van der Waals surface area contributed by atoms with Crippen molar-refractivity contribution in [3.8, 4) is 0 Å². The van der Waals surface area contributed by atoms with Crippen LogP contribution in [0.25, 0.3) is 0 Å². The van der Waals surface area contributed by atoms with Gasteiger partial charge in [0.1, 0.15) is 12.2 Å². The summed E-state index contributed by atoms with van der Waals surface area (Å²) in [5, 5.41) is 15.9. The predicted molar refractivity (Wildman–Crippen MR) is 126 cm³/mol. The summed E-state index contributed by atoms with van der Waals surface area (Å²) in [6.07, 6.45) is 1.39. The lowest BCUT2D eigenvalue weighted by Gasteiger charge is -2.42. The lowest BCUT2D eigenvalue weighted by molar-refractivity contribution is -0.194. The molecule has 35 heavy (non-hydrogen) atoms. The molecular weight excluding hydrogens is 456 g/mol. The number of rotatable bonds is 9. The third-order valence-electron chi connectivity index (χ3n) is 7.47. The van der Waals surface area contributed by atoms with Crippen LogP contribution >= 0.6 is 0 Å². The fourth-order valence-electron chi connectivity index (χ4n) is 5.41. The Hall–Kier alpha value is -2.34. The van der Waals surface area contributed by atoms with E-state index in [4.69, 9.17) is 15.2 Å². The molecule has 0 bridgehead atoms. The molecule has 9 atom stereocenters. The van der Waals surface area contributed by atoms with Gasteiger partial charge >= 0.3 is 0 Å². The molecule has 0 aromatic rings. The molecule has 0 saturated carbocycles. The number of ether oxygens (including phenoxy) is 2. The standard InChI is InChI=1S/C24H38N4O7/c1-5-14-18(25)19(30)20(34-4)21(35-14)22(31)27-11-13-9-8-12(2)16-17(13)24(33)28(23(16)32)10-6-7-15(29)26-3/h8-9,12-14,16-21,30H,5-7,10-11,25H2,1-4H3,(H,26,29)(H,27,31)/t12?,13?,14-,16?,17?,18?,19-,20?,21?/m1/s1. The summed E-state index contributed by atoms with van der Waals surface area (Å²) in [6, 6.07) is -0.672. The van der Waals surface area contributed by atoms with E-state index >= 15 is 0 Å². The van der Waals surface area contributed by atoms with E-state index in [0.29, 0.717) is 12.8 Å². The fraction of sp³-hybridized carbons (Fsp3) is 0.750. The lowest BCUT2D eigenvalue weighted by Crippen LogP contribution is -2.64. The quantitative estimate of drug-likeness (QED) is 0.233. The number of imide groups is 1. The Bertz CT molecular complexity index is 850. The van der Waals surface area contributed by atoms with E-state index in [1.165, 1.54) is 12.0 Å². The van der Waals surface area contributed by atoms with Crippen molar-refractivity contribution in [3.05, 3.63) is 12.2 Å². The average Bonchev–Trinajstić information content (AvgIpc) is 3.10. The van der Waals surface area contributed by atoms with Crippen molar-refractivity contribution in [2.45, 2.75) is 63.6 Å². The van der Waals surface area contributed by atoms with Gasteiger partial charge in [-0.2, -0.15) is 0 Å². The van der Waals surface area contributed by atoms with E-state index in [0.717, 1.165) is 0 Å². The lowest BCUT2D eigenvalue weighted by atomic mass is 9.72. The van der Waals surface area contributed by atoms with E-state index in [9.17, 15) is 24.3 Å². The van der Waals surface area contributed by atoms with Crippen LogP contribution in [0.1, 0.15) is 33.1 Å². The monoisotopic (exact) mass is 494 g/mol. The molecule has 2 saturated heterocycles. The average molecular weight is 495 g/mol. The third kappa shape index (κ3) is 5.42. The fourth-order valence-corrected chi connectivity index (χ4v) is 5.41. The number of hydrogen-bond acceptors (Lipinski definition) is 8. The van der Waals surface area contributed by atoms with Crippen molar-refractivity contribution in [2.24, 2.45) is 29.4 Å². The molecule has 11 heteroatoms. The SMILES string of the molecule is CC[C@H]1OC(C(=O)NCC2C=CC(C)C3C(=O)N(CCCC(=O)NC)C(=O)C23)C(OC)[C@H](O)C1N. The zero-order chi connectivity index (χ0) is 25.9. The molecule has 2 fully saturated rings. The van der Waals surface area contributed by atoms with Crippen molar-refractivity contribution >= 4 is 23.6 Å². The Morgan fingerprint density at radius 1 is 1.23 bits per heavy atom. The summed E-state index contributed by atoms with van der Waals surface area (Å²) in [4.78, 5) is 52.1. The number of nitrogens with zero attached hydrogens (tertiary/aromatic N) is 1. The van der Waals surface area contributed by atoms with Crippen molar-refractivity contribution in [2.75, 3.05) is 27.2 Å². The second-order valence-electron chi connectivity index (χ2n) is 9.58. The number of hydrogen-bond donors (Lipinski definition) is 4. The number of likely N-dealkylation sites (tertiary alicyclic amines) is 1. The van der Waals surface area contributed by atoms with Crippen molar-refractivity contribution in [3.63, 3.8) is 0 Å². The molecule has 0 spiro atoms. The molecule has 2 heterocycles. The highest BCUT2D eigenvalue weighted by atomic mass is 16.6. The molecule has 196 valence electrons. The number of amides is 4. The molecule has 3 rings (SSSR count). The minimum absolute atomic E-state index is 0.117. The van der Waals surface area contributed by atoms with Gasteiger partial charge in [0.15, 0.2) is 6.10 Å². The smallest absolute Gasteiger partial charge is 0.252 e. The molecule has 5 N–H and O–H groups in total. The number of fused-ring (bicyclic) bond motifs is 1. The normalized spacial score (nSPS) is 36.7. The summed E-state index contributed by atoms with van der Waals surface area (Å²) >= 11 is 0. The summed E-state index contributed by atoms with van der Waals surface area (Å²) in [7, 11) is 2.92. The minimum Gasteiger partial charge on any atom is -0.389 e. The van der Waals surface area contributed by atoms with Gasteiger partial charge in [-0.05, 0) is 18.8 Å². The molecule has 11 nitrogen and oxygen atoms in total. The van der Waals surface area contributed by atoms with E-state index in [2.05, 4.69) is 10.6 Å². The Morgan fingerprint density at radius 3 is 2.54 bits per heavy atom. The first-order chi connectivity index (χ1) is 16.7. The van der Waals surface area contributed by atoms with E-state index in [1.54, 1.807) is 7.05 Å². The first-order valence-electron chi connectivity index (χ1n) is 12.3. The predicted octanol–water partition coefficient (Wildman–Crippen LogP) is -1.07. The third-order valence-corrected chi connectivity index (χ3v) is 7.47. The van der Waals surface area contributed by atoms with E-state index in [-0.39, 0.29) is 49.1 Å². The largest absolute Gasteiger partial charge is 0.389 e. The zero-order valence-electron chi connectivity index (χ0n) is 20.8. The van der Waals surface area contributed by atoms with Crippen LogP contribution in [-0.2, 0) is 28.7 Å². The molecule has 0 aromatic carbocycles. The highest BCUT2D eigenvalue weighted by molar-refractivity contribution is 6.05. The number of carbonyl (C=O) groups excluding carboxylic acids is 4. The Morgan fingerprint density at radius 2 is 1.91 bits per heavy atom. The molecule has 1 aliphatic carbocycles. The van der Waals surface area contributed by atoms with Gasteiger partial charge in [0.05, 0.1) is 24.0 Å². The minimum atomic E-state index is -1.06. The van der Waals surface area contributed by atoms with Gasteiger partial charge < -0.3 is 30.9 Å². The molecule has 4 amide bonds. The van der Waals surface area contributed by atoms with Crippen LogP contribution in [0.2, 0.25) is 0 Å². The van der Waals surface area contributed by atoms with Crippen LogP contribution in [-0.4, -0.2) is 91.3 Å². The zero-order valence-corrected chi connectivity index (χ0v) is 20.8.